The lowest BCUT2D eigenvalue weighted by atomic mass is 10.1. The number of furan rings is 1. The topological polar surface area (TPSA) is 137 Å². The Hall–Kier alpha value is -3.95. The van der Waals surface area contributed by atoms with Crippen molar-refractivity contribution in [3.8, 4) is 0 Å². The number of hydrogen-bond donors (Lipinski definition) is 3. The maximum absolute atomic E-state index is 12.4. The third-order valence-corrected chi connectivity index (χ3v) is 5.42. The molecule has 1 amide bonds. The SMILES string of the molecule is Cc1nc(N2C[C@@H](NC(=O)Cc3ncc[nH]3)C[C@H]2C(=O)O)c2oc3ccccc3c2n1. The van der Waals surface area contributed by atoms with E-state index < -0.39 is 12.0 Å². The number of H-pyrrole nitrogens is 1. The molecule has 158 valence electrons. The number of nitrogens with one attached hydrogen (secondary N) is 2. The van der Waals surface area contributed by atoms with Gasteiger partial charge < -0.3 is 24.7 Å². The van der Waals surface area contributed by atoms with Gasteiger partial charge in [-0.1, -0.05) is 12.1 Å². The standard InChI is InChI=1S/C21H20N6O4/c1-11-24-18-13-4-2-3-5-15(13)31-19(18)20(25-11)27-10-12(8-14(27)21(29)30)26-17(28)9-16-22-6-7-23-16/h2-7,12,14H,8-10H2,1H3,(H,22,23)(H,26,28)(H,29,30)/t12-,14-/m0/s1. The number of amides is 1. The smallest absolute Gasteiger partial charge is 0.326 e. The number of fused-ring (bicyclic) bond motifs is 3. The van der Waals surface area contributed by atoms with Crippen LogP contribution in [0.1, 0.15) is 18.1 Å². The number of hydrogen-bond acceptors (Lipinski definition) is 7. The van der Waals surface area contributed by atoms with Crippen molar-refractivity contribution in [2.24, 2.45) is 0 Å². The molecule has 5 rings (SSSR count). The predicted molar refractivity (Wildman–Crippen MR) is 112 cm³/mol. The first-order chi connectivity index (χ1) is 15.0. The number of rotatable bonds is 5. The molecule has 1 saturated heterocycles. The molecule has 0 aliphatic carbocycles. The Morgan fingerprint density at radius 3 is 2.94 bits per heavy atom. The number of aryl methyl sites for hydroxylation is 1. The van der Waals surface area contributed by atoms with E-state index in [1.54, 1.807) is 24.2 Å². The summed E-state index contributed by atoms with van der Waals surface area (Å²) in [6, 6.07) is 6.32. The quantitative estimate of drug-likeness (QED) is 0.444. The average Bonchev–Trinajstić information content (AvgIpc) is 3.46. The van der Waals surface area contributed by atoms with Gasteiger partial charge in [0.1, 0.15) is 28.8 Å². The first kappa shape index (κ1) is 19.0. The highest BCUT2D eigenvalue weighted by Crippen LogP contribution is 2.35. The minimum atomic E-state index is -0.983. The molecule has 0 saturated carbocycles. The number of carbonyl (C=O) groups is 2. The summed E-state index contributed by atoms with van der Waals surface area (Å²) in [7, 11) is 0. The van der Waals surface area contributed by atoms with Crippen LogP contribution in [0.5, 0.6) is 0 Å². The predicted octanol–water partition coefficient (Wildman–Crippen LogP) is 1.80. The summed E-state index contributed by atoms with van der Waals surface area (Å²) in [5.41, 5.74) is 1.75. The van der Waals surface area contributed by atoms with Crippen molar-refractivity contribution in [3.63, 3.8) is 0 Å². The zero-order valence-electron chi connectivity index (χ0n) is 16.7. The fourth-order valence-corrected chi connectivity index (χ4v) is 4.11. The summed E-state index contributed by atoms with van der Waals surface area (Å²) in [6.07, 6.45) is 3.58. The highest BCUT2D eigenvalue weighted by molar-refractivity contribution is 6.06. The van der Waals surface area contributed by atoms with E-state index in [9.17, 15) is 14.7 Å². The van der Waals surface area contributed by atoms with Crippen LogP contribution in [-0.2, 0) is 16.0 Å². The number of aliphatic carboxylic acids is 1. The van der Waals surface area contributed by atoms with Crippen LogP contribution < -0.4 is 10.2 Å². The summed E-state index contributed by atoms with van der Waals surface area (Å²) in [6.45, 7) is 2.06. The summed E-state index contributed by atoms with van der Waals surface area (Å²) in [5, 5.41) is 13.6. The molecule has 1 aliphatic heterocycles. The molecule has 1 aliphatic rings. The zero-order chi connectivity index (χ0) is 21.5. The largest absolute Gasteiger partial charge is 0.480 e. The van der Waals surface area contributed by atoms with Crippen LogP contribution in [0, 0.1) is 6.92 Å². The Morgan fingerprint density at radius 2 is 2.16 bits per heavy atom. The van der Waals surface area contributed by atoms with Crippen molar-refractivity contribution in [3.05, 3.63) is 48.3 Å². The van der Waals surface area contributed by atoms with Crippen LogP contribution in [-0.4, -0.2) is 55.5 Å². The third kappa shape index (κ3) is 3.45. The van der Waals surface area contributed by atoms with E-state index in [4.69, 9.17) is 4.42 Å². The van der Waals surface area contributed by atoms with Crippen LogP contribution >= 0.6 is 0 Å². The van der Waals surface area contributed by atoms with Gasteiger partial charge in [0.05, 0.1) is 6.42 Å². The number of aromatic nitrogens is 4. The van der Waals surface area contributed by atoms with Crippen LogP contribution in [0.4, 0.5) is 5.82 Å². The van der Waals surface area contributed by atoms with E-state index in [1.807, 2.05) is 24.3 Å². The van der Waals surface area contributed by atoms with Gasteiger partial charge in [0, 0.05) is 36.8 Å². The normalized spacial score (nSPS) is 18.7. The second-order valence-electron chi connectivity index (χ2n) is 7.59. The zero-order valence-corrected chi connectivity index (χ0v) is 16.7. The van der Waals surface area contributed by atoms with E-state index in [2.05, 4.69) is 25.3 Å². The van der Waals surface area contributed by atoms with E-state index in [1.165, 1.54) is 0 Å². The van der Waals surface area contributed by atoms with Gasteiger partial charge >= 0.3 is 5.97 Å². The number of para-hydroxylation sites is 1. The lowest BCUT2D eigenvalue weighted by Crippen LogP contribution is -2.39. The molecule has 0 radical (unpaired) electrons. The van der Waals surface area contributed by atoms with E-state index in [0.717, 1.165) is 5.39 Å². The van der Waals surface area contributed by atoms with Gasteiger partial charge in [-0.25, -0.2) is 19.7 Å². The van der Waals surface area contributed by atoms with Crippen molar-refractivity contribution in [1.82, 2.24) is 25.3 Å². The molecule has 3 N–H and O–H groups in total. The number of carboxylic acids is 1. The van der Waals surface area contributed by atoms with Gasteiger partial charge in [0.2, 0.25) is 5.91 Å². The molecule has 1 fully saturated rings. The van der Waals surface area contributed by atoms with E-state index in [0.29, 0.717) is 40.7 Å². The Kier molecular flexibility index (Phi) is 4.54. The van der Waals surface area contributed by atoms with E-state index in [-0.39, 0.29) is 24.8 Å². The van der Waals surface area contributed by atoms with Gasteiger partial charge in [0.25, 0.3) is 0 Å². The van der Waals surface area contributed by atoms with Crippen molar-refractivity contribution < 1.29 is 19.1 Å². The number of carbonyl (C=O) groups excluding carboxylic acids is 1. The van der Waals surface area contributed by atoms with Crippen LogP contribution in [0.25, 0.3) is 22.1 Å². The first-order valence-corrected chi connectivity index (χ1v) is 9.92. The van der Waals surface area contributed by atoms with Crippen molar-refractivity contribution in [1.29, 1.82) is 0 Å². The molecule has 31 heavy (non-hydrogen) atoms. The fraction of sp³-hybridized carbons (Fsp3) is 0.286. The molecule has 4 heterocycles. The minimum absolute atomic E-state index is 0.0989. The average molecular weight is 420 g/mol. The number of nitrogens with zero attached hydrogens (tertiary/aromatic N) is 4. The summed E-state index contributed by atoms with van der Waals surface area (Å²) < 4.78 is 6.01. The first-order valence-electron chi connectivity index (χ1n) is 9.92. The van der Waals surface area contributed by atoms with Crippen molar-refractivity contribution >= 4 is 39.8 Å². The number of anilines is 1. The molecule has 3 aromatic heterocycles. The number of carboxylic acid groups (broad SMARTS) is 1. The summed E-state index contributed by atoms with van der Waals surface area (Å²) >= 11 is 0. The maximum Gasteiger partial charge on any atom is 0.326 e. The van der Waals surface area contributed by atoms with Crippen LogP contribution in [0.3, 0.4) is 0 Å². The van der Waals surface area contributed by atoms with Gasteiger partial charge in [-0.15, -0.1) is 0 Å². The Bertz CT molecular complexity index is 1280. The second-order valence-corrected chi connectivity index (χ2v) is 7.59. The molecular formula is C21H20N6O4. The molecule has 0 spiro atoms. The molecule has 0 bridgehead atoms. The number of benzene rings is 1. The fourth-order valence-electron chi connectivity index (χ4n) is 4.11. The molecule has 2 atom stereocenters. The molecular weight excluding hydrogens is 400 g/mol. The Morgan fingerprint density at radius 1 is 1.32 bits per heavy atom. The van der Waals surface area contributed by atoms with Crippen molar-refractivity contribution in [2.45, 2.75) is 31.8 Å². The molecule has 4 aromatic rings. The lowest BCUT2D eigenvalue weighted by Gasteiger charge is -2.22. The summed E-state index contributed by atoms with van der Waals surface area (Å²) in [4.78, 5) is 42.1. The molecule has 0 unspecified atom stereocenters. The Balaban J connectivity index is 1.47. The van der Waals surface area contributed by atoms with E-state index >= 15 is 0 Å². The van der Waals surface area contributed by atoms with Crippen molar-refractivity contribution in [2.75, 3.05) is 11.4 Å². The summed E-state index contributed by atoms with van der Waals surface area (Å²) in [5.74, 6) is 0.289. The van der Waals surface area contributed by atoms with Crippen LogP contribution in [0.2, 0.25) is 0 Å². The highest BCUT2D eigenvalue weighted by Gasteiger charge is 2.40. The lowest BCUT2D eigenvalue weighted by molar-refractivity contribution is -0.138. The molecule has 1 aromatic carbocycles. The van der Waals surface area contributed by atoms with Gasteiger partial charge in [0.15, 0.2) is 11.4 Å². The second kappa shape index (κ2) is 7.38. The monoisotopic (exact) mass is 420 g/mol. The minimum Gasteiger partial charge on any atom is -0.480 e. The molecule has 10 heteroatoms. The molecule has 10 nitrogen and oxygen atoms in total. The third-order valence-electron chi connectivity index (χ3n) is 5.42. The van der Waals surface area contributed by atoms with Gasteiger partial charge in [-0.05, 0) is 19.1 Å². The van der Waals surface area contributed by atoms with Gasteiger partial charge in [-0.2, -0.15) is 0 Å². The highest BCUT2D eigenvalue weighted by atomic mass is 16.4. The maximum atomic E-state index is 12.4. The van der Waals surface area contributed by atoms with Gasteiger partial charge in [-0.3, -0.25) is 4.79 Å². The number of imidazole rings is 1. The van der Waals surface area contributed by atoms with Crippen LogP contribution in [0.15, 0.2) is 41.1 Å². The number of aromatic amines is 1. The Labute approximate surface area is 176 Å².